The summed E-state index contributed by atoms with van der Waals surface area (Å²) in [5.41, 5.74) is 10.5. The lowest BCUT2D eigenvalue weighted by atomic mass is 10.0. The molecule has 7 rings (SSSR count). The van der Waals surface area contributed by atoms with Gasteiger partial charge in [0.2, 0.25) is 5.91 Å². The van der Waals surface area contributed by atoms with Crippen molar-refractivity contribution in [3.05, 3.63) is 96.6 Å². The minimum atomic E-state index is -0.968. The molecule has 0 unspecified atom stereocenters. The number of nitrogens with two attached hydrogens (primary N) is 1. The number of likely N-dealkylation sites (tertiary alicyclic amines) is 2. The molecule has 4 N–H and O–H groups in total. The molecule has 0 bridgehead atoms. The van der Waals surface area contributed by atoms with Crippen molar-refractivity contribution in [2.24, 2.45) is 11.7 Å². The summed E-state index contributed by atoms with van der Waals surface area (Å²) in [6, 6.07) is 17.3. The Hall–Kier alpha value is -5.89. The van der Waals surface area contributed by atoms with Crippen molar-refractivity contribution < 1.29 is 19.1 Å². The van der Waals surface area contributed by atoms with Crippen LogP contribution in [0.5, 0.6) is 0 Å². The van der Waals surface area contributed by atoms with Crippen LogP contribution < -0.4 is 5.73 Å². The summed E-state index contributed by atoms with van der Waals surface area (Å²) >= 11 is 0. The van der Waals surface area contributed by atoms with Crippen LogP contribution in [0, 0.1) is 5.92 Å². The van der Waals surface area contributed by atoms with E-state index in [2.05, 4.69) is 43.7 Å². The Balaban J connectivity index is 1.02. The number of carbonyl (C=O) groups excluding carboxylic acids is 3. The first kappa shape index (κ1) is 38.4. The van der Waals surface area contributed by atoms with Crippen LogP contribution in [0.1, 0.15) is 88.7 Å². The summed E-state index contributed by atoms with van der Waals surface area (Å²) in [6.45, 7) is 10.6. The van der Waals surface area contributed by atoms with Gasteiger partial charge in [0.05, 0.1) is 35.9 Å². The zero-order valence-corrected chi connectivity index (χ0v) is 32.4. The van der Waals surface area contributed by atoms with Crippen molar-refractivity contribution in [2.45, 2.75) is 77.6 Å². The molecule has 0 saturated carbocycles. The van der Waals surface area contributed by atoms with Gasteiger partial charge in [-0.25, -0.2) is 24.7 Å². The molecule has 5 heterocycles. The third kappa shape index (κ3) is 7.92. The zero-order chi connectivity index (χ0) is 39.3. The highest BCUT2D eigenvalue weighted by Gasteiger charge is 2.39. The molecule has 2 saturated heterocycles. The number of ether oxygens (including phenoxy) is 1. The van der Waals surface area contributed by atoms with Crippen LogP contribution in [-0.4, -0.2) is 94.8 Å². The summed E-state index contributed by atoms with van der Waals surface area (Å²) in [6.07, 6.45) is 8.45. The number of aromatic nitrogens is 6. The third-order valence-corrected chi connectivity index (χ3v) is 10.9. The van der Waals surface area contributed by atoms with Crippen LogP contribution in [0.3, 0.4) is 0 Å². The molecule has 292 valence electrons. The number of aromatic amines is 2. The first-order valence-electron chi connectivity index (χ1n) is 19.6. The van der Waals surface area contributed by atoms with Crippen LogP contribution in [0.25, 0.3) is 33.9 Å². The van der Waals surface area contributed by atoms with Gasteiger partial charge in [-0.3, -0.25) is 14.5 Å². The van der Waals surface area contributed by atoms with Crippen molar-refractivity contribution in [2.75, 3.05) is 26.2 Å². The number of hydrogen-bond acceptors (Lipinski definition) is 9. The number of carbonyl (C=O) groups is 3. The summed E-state index contributed by atoms with van der Waals surface area (Å²) < 4.78 is 5.17. The molecule has 0 aliphatic carbocycles. The third-order valence-electron chi connectivity index (χ3n) is 10.9. The van der Waals surface area contributed by atoms with E-state index in [9.17, 15) is 14.4 Å². The molecular formula is C42H50N10O4. The normalized spacial score (nSPS) is 18.1. The first-order chi connectivity index (χ1) is 27.2. The molecule has 3 amide bonds. The SMILES string of the molecule is CCN(CC)[C@@H](C(=O)N1CCC[C@H]1c1ncc(-c2ccc(-c3ncc(-c4cnc([C@@H]5CCCN5C(=O)[C@@H](OC(N)=O)C(C)C)[nH]4)cn3)cc2)[nH]1)c1ccccc1. The van der Waals surface area contributed by atoms with Crippen molar-refractivity contribution in [1.82, 2.24) is 44.6 Å². The molecule has 14 nitrogen and oxygen atoms in total. The van der Waals surface area contributed by atoms with Gasteiger partial charge < -0.3 is 30.2 Å². The average molecular weight is 759 g/mol. The lowest BCUT2D eigenvalue weighted by molar-refractivity contribution is -0.143. The van der Waals surface area contributed by atoms with E-state index in [-0.39, 0.29) is 35.9 Å². The molecule has 0 spiro atoms. The number of amides is 3. The van der Waals surface area contributed by atoms with E-state index in [4.69, 9.17) is 15.5 Å². The Morgan fingerprint density at radius 3 is 1.82 bits per heavy atom. The molecule has 2 aromatic carbocycles. The van der Waals surface area contributed by atoms with E-state index in [1.54, 1.807) is 23.5 Å². The topological polar surface area (TPSA) is 179 Å². The van der Waals surface area contributed by atoms with Crippen molar-refractivity contribution >= 4 is 17.9 Å². The molecular weight excluding hydrogens is 709 g/mol. The van der Waals surface area contributed by atoms with Crippen LogP contribution in [0.2, 0.25) is 0 Å². The van der Waals surface area contributed by atoms with E-state index < -0.39 is 12.2 Å². The number of hydrogen-bond donors (Lipinski definition) is 3. The Kier molecular flexibility index (Phi) is 11.6. The van der Waals surface area contributed by atoms with Crippen molar-refractivity contribution in [3.8, 4) is 33.9 Å². The number of benzene rings is 2. The smallest absolute Gasteiger partial charge is 0.405 e. The summed E-state index contributed by atoms with van der Waals surface area (Å²) in [5.74, 6) is 1.64. The molecule has 3 aromatic heterocycles. The molecule has 5 aromatic rings. The zero-order valence-electron chi connectivity index (χ0n) is 32.4. The summed E-state index contributed by atoms with van der Waals surface area (Å²) in [5, 5.41) is 0. The second-order valence-electron chi connectivity index (χ2n) is 14.8. The monoisotopic (exact) mass is 758 g/mol. The van der Waals surface area contributed by atoms with Gasteiger partial charge in [0.1, 0.15) is 17.7 Å². The van der Waals surface area contributed by atoms with Crippen molar-refractivity contribution in [3.63, 3.8) is 0 Å². The molecule has 2 aliphatic rings. The van der Waals surface area contributed by atoms with Crippen LogP contribution >= 0.6 is 0 Å². The van der Waals surface area contributed by atoms with Crippen LogP contribution in [0.4, 0.5) is 4.79 Å². The molecule has 2 aliphatic heterocycles. The van der Waals surface area contributed by atoms with E-state index in [0.717, 1.165) is 78.2 Å². The van der Waals surface area contributed by atoms with Crippen LogP contribution in [-0.2, 0) is 14.3 Å². The standard InChI is InChI=1S/C42H50N10O4/c1-5-50(6-2)35(28-12-8-7-9-13-28)40(53)51-20-10-14-33(51)38-46-24-31(48-38)27-16-18-29(19-17-27)37-44-22-30(23-45-37)32-25-47-39(49-32)34-15-11-21-52(34)41(54)36(26(3)4)56-42(43)55/h7-9,12-13,16-19,22-26,33-36H,5-6,10-11,14-15,20-21H2,1-4H3,(H2,43,55)(H,46,48)(H,47,49)/t33-,34-,35+,36-/m0/s1. The highest BCUT2D eigenvalue weighted by molar-refractivity contribution is 5.85. The number of nitrogens with one attached hydrogen (secondary N) is 2. The maximum absolute atomic E-state index is 14.2. The highest BCUT2D eigenvalue weighted by atomic mass is 16.6. The molecule has 2 fully saturated rings. The van der Waals surface area contributed by atoms with Gasteiger partial charge in [0.25, 0.3) is 5.91 Å². The maximum Gasteiger partial charge on any atom is 0.405 e. The quantitative estimate of drug-likeness (QED) is 0.122. The fourth-order valence-electron chi connectivity index (χ4n) is 8.00. The number of primary amides is 1. The Bertz CT molecular complexity index is 2110. The van der Waals surface area contributed by atoms with E-state index in [1.807, 2.05) is 79.5 Å². The second-order valence-corrected chi connectivity index (χ2v) is 14.8. The van der Waals surface area contributed by atoms with Gasteiger partial charge in [-0.2, -0.15) is 0 Å². The minimum absolute atomic E-state index is 0.115. The summed E-state index contributed by atoms with van der Waals surface area (Å²) in [7, 11) is 0. The van der Waals surface area contributed by atoms with Crippen molar-refractivity contribution in [1.29, 1.82) is 0 Å². The minimum Gasteiger partial charge on any atom is -0.436 e. The Labute approximate surface area is 326 Å². The Morgan fingerprint density at radius 1 is 0.750 bits per heavy atom. The molecule has 14 heteroatoms. The first-order valence-corrected chi connectivity index (χ1v) is 19.6. The number of imidazole rings is 2. The van der Waals surface area contributed by atoms with Gasteiger partial charge in [0, 0.05) is 36.6 Å². The number of H-pyrrole nitrogens is 2. The van der Waals surface area contributed by atoms with Gasteiger partial charge in [-0.1, -0.05) is 82.3 Å². The molecule has 4 atom stereocenters. The predicted molar refractivity (Wildman–Crippen MR) is 211 cm³/mol. The average Bonchev–Trinajstić information content (AvgIpc) is 4.06. The summed E-state index contributed by atoms with van der Waals surface area (Å²) in [4.78, 5) is 70.5. The van der Waals surface area contributed by atoms with Gasteiger partial charge in [-0.05, 0) is 55.8 Å². The van der Waals surface area contributed by atoms with Crippen LogP contribution in [0.15, 0.2) is 79.4 Å². The highest BCUT2D eigenvalue weighted by Crippen LogP contribution is 2.36. The number of nitrogens with zero attached hydrogens (tertiary/aromatic N) is 7. The maximum atomic E-state index is 14.2. The molecule has 56 heavy (non-hydrogen) atoms. The Morgan fingerprint density at radius 2 is 1.29 bits per heavy atom. The van der Waals surface area contributed by atoms with E-state index in [0.29, 0.717) is 24.7 Å². The number of likely N-dealkylation sites (N-methyl/N-ethyl adjacent to an activating group) is 1. The largest absolute Gasteiger partial charge is 0.436 e. The second kappa shape index (κ2) is 16.9. The van der Waals surface area contributed by atoms with Gasteiger partial charge in [0.15, 0.2) is 11.9 Å². The fraction of sp³-hybridized carbons (Fsp3) is 0.405. The van der Waals surface area contributed by atoms with Gasteiger partial charge in [-0.15, -0.1) is 0 Å². The lowest BCUT2D eigenvalue weighted by Gasteiger charge is -2.34. The van der Waals surface area contributed by atoms with E-state index >= 15 is 0 Å². The van der Waals surface area contributed by atoms with E-state index in [1.165, 1.54) is 0 Å². The lowest BCUT2D eigenvalue weighted by Crippen LogP contribution is -2.44. The number of rotatable bonds is 13. The molecule has 0 radical (unpaired) electrons. The van der Waals surface area contributed by atoms with Gasteiger partial charge >= 0.3 is 6.09 Å². The fourth-order valence-corrected chi connectivity index (χ4v) is 8.00. The predicted octanol–water partition coefficient (Wildman–Crippen LogP) is 6.45.